The van der Waals surface area contributed by atoms with E-state index in [1.165, 1.54) is 12.1 Å². The first-order valence-corrected chi connectivity index (χ1v) is 10.6. The number of amides is 1. The first-order chi connectivity index (χ1) is 15.7. The second-order valence-corrected chi connectivity index (χ2v) is 7.89. The molecule has 0 spiro atoms. The average Bonchev–Trinajstić information content (AvgIpc) is 3.19. The number of benzene rings is 1. The Hall–Kier alpha value is -3.92. The fourth-order valence-corrected chi connectivity index (χ4v) is 3.32. The zero-order valence-corrected chi connectivity index (χ0v) is 18.6. The molecular formula is C23H28N6O4. The highest BCUT2D eigenvalue weighted by Gasteiger charge is 2.17. The number of aliphatic hydroxyl groups is 1. The average molecular weight is 453 g/mol. The van der Waals surface area contributed by atoms with Gasteiger partial charge >= 0.3 is 5.69 Å². The maximum Gasteiger partial charge on any atom is 0.311 e. The fraction of sp³-hybridized carbons (Fsp3) is 0.304. The van der Waals surface area contributed by atoms with Crippen LogP contribution in [0.15, 0.2) is 48.8 Å². The Morgan fingerprint density at radius 2 is 1.97 bits per heavy atom. The molecule has 0 aliphatic rings. The Kier molecular flexibility index (Phi) is 7.62. The molecule has 3 aromatic rings. The lowest BCUT2D eigenvalue weighted by molar-refractivity contribution is -0.384. The monoisotopic (exact) mass is 452 g/mol. The minimum Gasteiger partial charge on any atom is -0.392 e. The van der Waals surface area contributed by atoms with Crippen molar-refractivity contribution in [2.24, 2.45) is 0 Å². The molecule has 33 heavy (non-hydrogen) atoms. The van der Waals surface area contributed by atoms with E-state index in [1.807, 2.05) is 42.0 Å². The van der Waals surface area contributed by atoms with Gasteiger partial charge in [-0.3, -0.25) is 14.9 Å². The molecule has 1 aromatic carbocycles. The lowest BCUT2D eigenvalue weighted by Gasteiger charge is -2.08. The van der Waals surface area contributed by atoms with E-state index in [9.17, 15) is 20.0 Å². The fourth-order valence-electron chi connectivity index (χ4n) is 3.32. The summed E-state index contributed by atoms with van der Waals surface area (Å²) in [6.45, 7) is 4.99. The van der Waals surface area contributed by atoms with Gasteiger partial charge in [-0.2, -0.15) is 0 Å². The summed E-state index contributed by atoms with van der Waals surface area (Å²) in [7, 11) is 0. The normalized spacial score (nSPS) is 11.7. The molecule has 2 heterocycles. The van der Waals surface area contributed by atoms with Gasteiger partial charge in [-0.15, -0.1) is 0 Å². The summed E-state index contributed by atoms with van der Waals surface area (Å²) in [4.78, 5) is 27.0. The van der Waals surface area contributed by atoms with E-state index < -0.39 is 11.0 Å². The number of nitrogens with one attached hydrogen (secondary N) is 2. The van der Waals surface area contributed by atoms with Crippen LogP contribution in [0.4, 0.5) is 17.3 Å². The molecule has 2 aromatic heterocycles. The topological polar surface area (TPSA) is 148 Å². The number of hydrogen-bond acceptors (Lipinski definition) is 7. The lowest BCUT2D eigenvalue weighted by Crippen LogP contribution is -2.30. The Morgan fingerprint density at radius 3 is 2.61 bits per heavy atom. The molecule has 1 amide bonds. The zero-order valence-electron chi connectivity index (χ0n) is 18.6. The number of nitro groups is 1. The lowest BCUT2D eigenvalue weighted by atomic mass is 10.0. The third-order valence-electron chi connectivity index (χ3n) is 5.04. The predicted octanol–water partition coefficient (Wildman–Crippen LogP) is 2.96. The van der Waals surface area contributed by atoms with E-state index in [0.717, 1.165) is 23.1 Å². The Labute approximate surface area is 191 Å². The summed E-state index contributed by atoms with van der Waals surface area (Å²) in [5.74, 6) is 0.0871. The standard InChI is InChI=1S/C23H28N6O4/c1-15-4-6-17(7-5-15)18-13-28(14-19(18)23(31)26-12-16(2)30)11-3-10-25-21-9-8-20(29(32)33)22(24)27-21/h4-9,13-14,16,30H,3,10-12H2,1-2H3,(H,26,31)(H3,24,25,27)/t16-/m1/s1. The van der Waals surface area contributed by atoms with Crippen LogP contribution < -0.4 is 16.4 Å². The van der Waals surface area contributed by atoms with Gasteiger partial charge in [0.05, 0.1) is 16.6 Å². The minimum atomic E-state index is -0.632. The summed E-state index contributed by atoms with van der Waals surface area (Å²) in [5.41, 5.74) is 8.82. The third kappa shape index (κ3) is 6.30. The molecule has 0 aliphatic carbocycles. The number of pyridine rings is 1. The van der Waals surface area contributed by atoms with Crippen LogP contribution in [0.25, 0.3) is 11.1 Å². The van der Waals surface area contributed by atoms with E-state index in [1.54, 1.807) is 13.1 Å². The largest absolute Gasteiger partial charge is 0.392 e. The predicted molar refractivity (Wildman–Crippen MR) is 127 cm³/mol. The maximum absolute atomic E-state index is 12.7. The van der Waals surface area contributed by atoms with Crippen molar-refractivity contribution in [3.63, 3.8) is 0 Å². The molecule has 0 fully saturated rings. The number of nitrogens with two attached hydrogens (primary N) is 1. The SMILES string of the molecule is Cc1ccc(-c2cn(CCCNc3ccc([N+](=O)[O-])c(N)n3)cc2C(=O)NC[C@@H](C)O)cc1. The van der Waals surface area contributed by atoms with Gasteiger partial charge in [-0.05, 0) is 31.9 Å². The summed E-state index contributed by atoms with van der Waals surface area (Å²) in [6.07, 6.45) is 3.82. The summed E-state index contributed by atoms with van der Waals surface area (Å²) in [6, 6.07) is 10.8. The van der Waals surface area contributed by atoms with Crippen LogP contribution in [0.3, 0.4) is 0 Å². The van der Waals surface area contributed by atoms with Crippen molar-refractivity contribution in [3.8, 4) is 11.1 Å². The van der Waals surface area contributed by atoms with Gasteiger partial charge in [-0.1, -0.05) is 29.8 Å². The second-order valence-electron chi connectivity index (χ2n) is 7.89. The molecule has 1 atom stereocenters. The molecule has 0 saturated carbocycles. The van der Waals surface area contributed by atoms with Crippen molar-refractivity contribution < 1.29 is 14.8 Å². The van der Waals surface area contributed by atoms with Crippen LogP contribution in [-0.4, -0.2) is 44.7 Å². The molecule has 10 heteroatoms. The van der Waals surface area contributed by atoms with Crippen molar-refractivity contribution in [2.45, 2.75) is 32.9 Å². The zero-order chi connectivity index (χ0) is 24.0. The number of aromatic nitrogens is 2. The maximum atomic E-state index is 12.7. The number of aryl methyl sites for hydroxylation is 2. The highest BCUT2D eigenvalue weighted by molar-refractivity contribution is 6.00. The van der Waals surface area contributed by atoms with Gasteiger partial charge in [0.2, 0.25) is 5.82 Å². The molecule has 5 N–H and O–H groups in total. The molecule has 0 radical (unpaired) electrons. The number of hydrogen-bond donors (Lipinski definition) is 4. The molecule has 0 saturated heterocycles. The number of carbonyl (C=O) groups is 1. The second kappa shape index (κ2) is 10.6. The summed E-state index contributed by atoms with van der Waals surface area (Å²) >= 11 is 0. The smallest absolute Gasteiger partial charge is 0.311 e. The Bertz CT molecular complexity index is 1120. The van der Waals surface area contributed by atoms with Crippen LogP contribution in [0, 0.1) is 17.0 Å². The molecule has 10 nitrogen and oxygen atoms in total. The van der Waals surface area contributed by atoms with Gasteiger partial charge in [-0.25, -0.2) is 4.98 Å². The number of aliphatic hydroxyl groups excluding tert-OH is 1. The number of nitrogen functional groups attached to an aromatic ring is 1. The van der Waals surface area contributed by atoms with Gasteiger partial charge < -0.3 is 26.0 Å². The van der Waals surface area contributed by atoms with Crippen LogP contribution in [-0.2, 0) is 6.54 Å². The summed E-state index contributed by atoms with van der Waals surface area (Å²) in [5, 5.41) is 26.2. The highest BCUT2D eigenvalue weighted by Crippen LogP contribution is 2.26. The van der Waals surface area contributed by atoms with Gasteiger partial charge in [0, 0.05) is 43.7 Å². The van der Waals surface area contributed by atoms with Crippen LogP contribution in [0.5, 0.6) is 0 Å². The third-order valence-corrected chi connectivity index (χ3v) is 5.04. The number of nitrogens with zero attached hydrogens (tertiary/aromatic N) is 3. The quantitative estimate of drug-likeness (QED) is 0.210. The molecule has 174 valence electrons. The molecule has 0 unspecified atom stereocenters. The van der Waals surface area contributed by atoms with Crippen LogP contribution in [0.2, 0.25) is 0 Å². The van der Waals surface area contributed by atoms with Gasteiger partial charge in [0.15, 0.2) is 0 Å². The molecule has 0 bridgehead atoms. The number of rotatable bonds is 10. The van der Waals surface area contributed by atoms with E-state index in [0.29, 0.717) is 24.5 Å². The van der Waals surface area contributed by atoms with E-state index in [-0.39, 0.29) is 24.0 Å². The van der Waals surface area contributed by atoms with E-state index >= 15 is 0 Å². The molecule has 0 aliphatic heterocycles. The Balaban J connectivity index is 1.68. The molecule has 3 rings (SSSR count). The minimum absolute atomic E-state index is 0.133. The Morgan fingerprint density at radius 1 is 1.24 bits per heavy atom. The summed E-state index contributed by atoms with van der Waals surface area (Å²) < 4.78 is 1.95. The van der Waals surface area contributed by atoms with E-state index in [2.05, 4.69) is 15.6 Å². The van der Waals surface area contributed by atoms with Crippen molar-refractivity contribution >= 4 is 23.2 Å². The van der Waals surface area contributed by atoms with Crippen molar-refractivity contribution in [1.29, 1.82) is 0 Å². The number of anilines is 2. The van der Waals surface area contributed by atoms with Gasteiger partial charge in [0.25, 0.3) is 5.91 Å². The van der Waals surface area contributed by atoms with Crippen molar-refractivity contribution in [1.82, 2.24) is 14.9 Å². The van der Waals surface area contributed by atoms with Crippen LogP contribution >= 0.6 is 0 Å². The first kappa shape index (κ1) is 23.7. The number of carbonyl (C=O) groups excluding carboxylic acids is 1. The van der Waals surface area contributed by atoms with E-state index in [4.69, 9.17) is 5.73 Å². The highest BCUT2D eigenvalue weighted by atomic mass is 16.6. The van der Waals surface area contributed by atoms with Crippen LogP contribution in [0.1, 0.15) is 29.3 Å². The van der Waals surface area contributed by atoms with Gasteiger partial charge in [0.1, 0.15) is 5.82 Å². The van der Waals surface area contributed by atoms with Crippen molar-refractivity contribution in [3.05, 3.63) is 70.0 Å². The van der Waals surface area contributed by atoms with Crippen molar-refractivity contribution in [2.75, 3.05) is 24.1 Å². The first-order valence-electron chi connectivity index (χ1n) is 10.6. The molecular weight excluding hydrogens is 424 g/mol.